The zero-order chi connectivity index (χ0) is 13.4. The molecule has 0 aromatic heterocycles. The zero-order valence-electron chi connectivity index (χ0n) is 10.6. The number of hydrogen-bond acceptors (Lipinski definition) is 4. The van der Waals surface area contributed by atoms with Crippen molar-refractivity contribution in [3.8, 4) is 0 Å². The molecule has 0 heterocycles. The van der Waals surface area contributed by atoms with Gasteiger partial charge < -0.3 is 5.32 Å². The average molecular weight is 286 g/mol. The van der Waals surface area contributed by atoms with Crippen LogP contribution in [0.3, 0.4) is 0 Å². The van der Waals surface area contributed by atoms with Crippen molar-refractivity contribution in [1.29, 1.82) is 0 Å². The Morgan fingerprint density at radius 1 is 1.00 bits per heavy atom. The summed E-state index contributed by atoms with van der Waals surface area (Å²) in [4.78, 5) is 0. The van der Waals surface area contributed by atoms with E-state index in [0.29, 0.717) is 13.1 Å². The maximum atomic E-state index is 14.3. The second kappa shape index (κ2) is 8.56. The highest BCUT2D eigenvalue weighted by atomic mass is 32.1. The molecule has 0 aliphatic carbocycles. The molecule has 0 bridgehead atoms. The van der Waals surface area contributed by atoms with E-state index < -0.39 is 11.5 Å². The number of rotatable bonds is 10. The van der Waals surface area contributed by atoms with Gasteiger partial charge in [-0.2, -0.15) is 25.3 Å². The highest BCUT2D eigenvalue weighted by molar-refractivity contribution is 7.80. The predicted octanol–water partition coefficient (Wildman–Crippen LogP) is 2.22. The Bertz CT molecular complexity index is 210. The van der Waals surface area contributed by atoms with Crippen molar-refractivity contribution in [2.24, 2.45) is 0 Å². The normalized spacial score (nSPS) is 18.7. The first kappa shape index (κ1) is 17.5. The van der Waals surface area contributed by atoms with Gasteiger partial charge in [-0.1, -0.05) is 13.8 Å². The summed E-state index contributed by atoms with van der Waals surface area (Å²) in [5.41, 5.74) is -1.46. The first-order valence-electron chi connectivity index (χ1n) is 6.00. The molecule has 0 fully saturated rings. The van der Waals surface area contributed by atoms with Crippen LogP contribution in [0, 0.1) is 0 Å². The molecule has 6 heteroatoms. The van der Waals surface area contributed by atoms with Gasteiger partial charge in [0.05, 0.1) is 0 Å². The summed E-state index contributed by atoms with van der Waals surface area (Å²) >= 11 is 7.98. The third-order valence-electron chi connectivity index (χ3n) is 2.69. The molecule has 0 aromatic rings. The summed E-state index contributed by atoms with van der Waals surface area (Å²) < 4.78 is 28.4. The van der Waals surface area contributed by atoms with E-state index in [4.69, 9.17) is 0 Å². The monoisotopic (exact) mass is 286 g/mol. The third kappa shape index (κ3) is 6.84. The van der Waals surface area contributed by atoms with Crippen LogP contribution in [-0.4, -0.2) is 42.6 Å². The lowest BCUT2D eigenvalue weighted by atomic mass is 9.97. The Morgan fingerprint density at radius 3 is 2.06 bits per heavy atom. The standard InChI is InChI=1S/C11H24F2N2S2/c1-3-14-7-10(12,8-16)5-6-11(13,9-17)15-4-2/h14-17H,3-9H2,1-2H3/t10-,11-/m0/s1. The van der Waals surface area contributed by atoms with Crippen molar-refractivity contribution in [3.05, 3.63) is 0 Å². The van der Waals surface area contributed by atoms with E-state index in [0.717, 1.165) is 0 Å². The summed E-state index contributed by atoms with van der Waals surface area (Å²) in [6.07, 6.45) is 0.236. The molecule has 0 aliphatic rings. The molecule has 2 N–H and O–H groups in total. The fourth-order valence-electron chi connectivity index (χ4n) is 1.53. The van der Waals surface area contributed by atoms with Crippen LogP contribution >= 0.6 is 25.3 Å². The molecule has 17 heavy (non-hydrogen) atoms. The molecule has 104 valence electrons. The molecule has 0 aliphatic heterocycles. The van der Waals surface area contributed by atoms with Gasteiger partial charge in [-0.05, 0) is 25.9 Å². The SMILES string of the molecule is CCNC[C@](F)(CS)CC[C@@](F)(CS)NCC. The van der Waals surface area contributed by atoms with Crippen LogP contribution in [0.5, 0.6) is 0 Å². The minimum atomic E-state index is -1.59. The quantitative estimate of drug-likeness (QED) is 0.366. The van der Waals surface area contributed by atoms with Crippen LogP contribution in [-0.2, 0) is 0 Å². The second-order valence-electron chi connectivity index (χ2n) is 4.24. The van der Waals surface area contributed by atoms with Gasteiger partial charge >= 0.3 is 0 Å². The van der Waals surface area contributed by atoms with E-state index in [1.165, 1.54) is 0 Å². The molecule has 0 spiro atoms. The molecule has 0 amide bonds. The molecule has 0 saturated carbocycles. The highest BCUT2D eigenvalue weighted by Crippen LogP contribution is 2.26. The number of halogens is 2. The highest BCUT2D eigenvalue weighted by Gasteiger charge is 2.34. The first-order chi connectivity index (χ1) is 7.95. The van der Waals surface area contributed by atoms with Crippen molar-refractivity contribution >= 4 is 25.3 Å². The molecule has 0 rings (SSSR count). The van der Waals surface area contributed by atoms with Gasteiger partial charge in [-0.25, -0.2) is 8.78 Å². The Kier molecular flexibility index (Phi) is 8.80. The zero-order valence-corrected chi connectivity index (χ0v) is 12.4. The second-order valence-corrected chi connectivity index (χ2v) is 4.88. The Labute approximate surface area is 114 Å². The molecule has 0 aromatic carbocycles. The Morgan fingerprint density at radius 2 is 1.65 bits per heavy atom. The number of alkyl halides is 2. The van der Waals surface area contributed by atoms with Crippen molar-refractivity contribution in [2.45, 2.75) is 38.2 Å². The van der Waals surface area contributed by atoms with Gasteiger partial charge in [-0.15, -0.1) is 0 Å². The van der Waals surface area contributed by atoms with Crippen LogP contribution in [0.2, 0.25) is 0 Å². The van der Waals surface area contributed by atoms with Crippen LogP contribution in [0.25, 0.3) is 0 Å². The number of thiol groups is 2. The van der Waals surface area contributed by atoms with Gasteiger partial charge in [0.25, 0.3) is 0 Å². The molecule has 0 unspecified atom stereocenters. The molecular formula is C11H24F2N2S2. The number of nitrogens with one attached hydrogen (secondary N) is 2. The number of hydrogen-bond donors (Lipinski definition) is 4. The maximum Gasteiger partial charge on any atom is 0.170 e. The molecule has 0 saturated heterocycles. The van der Waals surface area contributed by atoms with E-state index >= 15 is 0 Å². The molecule has 2 nitrogen and oxygen atoms in total. The van der Waals surface area contributed by atoms with Crippen LogP contribution < -0.4 is 10.6 Å². The largest absolute Gasteiger partial charge is 0.314 e. The van der Waals surface area contributed by atoms with E-state index in [1.54, 1.807) is 0 Å². The molecular weight excluding hydrogens is 262 g/mol. The summed E-state index contributed by atoms with van der Waals surface area (Å²) in [6, 6.07) is 0. The van der Waals surface area contributed by atoms with Crippen LogP contribution in [0.4, 0.5) is 8.78 Å². The van der Waals surface area contributed by atoms with Crippen LogP contribution in [0.1, 0.15) is 26.7 Å². The Hall–Kier alpha value is 0.480. The summed E-state index contributed by atoms with van der Waals surface area (Å²) in [5.74, 6) is -1.45. The maximum absolute atomic E-state index is 14.3. The van der Waals surface area contributed by atoms with Crippen molar-refractivity contribution in [2.75, 3.05) is 31.1 Å². The topological polar surface area (TPSA) is 24.1 Å². The van der Waals surface area contributed by atoms with E-state index in [-0.39, 0.29) is 30.9 Å². The molecule has 0 radical (unpaired) electrons. The minimum Gasteiger partial charge on any atom is -0.314 e. The molecule has 2 atom stereocenters. The van der Waals surface area contributed by atoms with Crippen molar-refractivity contribution in [1.82, 2.24) is 10.6 Å². The fraction of sp³-hybridized carbons (Fsp3) is 1.00. The average Bonchev–Trinajstić information content (AvgIpc) is 2.34. The van der Waals surface area contributed by atoms with E-state index in [1.807, 2.05) is 13.8 Å². The minimum absolute atomic E-state index is 0.0463. The smallest absolute Gasteiger partial charge is 0.170 e. The van der Waals surface area contributed by atoms with Crippen LogP contribution in [0.15, 0.2) is 0 Å². The van der Waals surface area contributed by atoms with Crippen molar-refractivity contribution < 1.29 is 8.78 Å². The van der Waals surface area contributed by atoms with Gasteiger partial charge in [0.1, 0.15) is 5.67 Å². The Balaban J connectivity index is 4.27. The summed E-state index contributed by atoms with van der Waals surface area (Å²) in [5, 5.41) is 5.65. The van der Waals surface area contributed by atoms with Gasteiger partial charge in [-0.3, -0.25) is 5.32 Å². The first-order valence-corrected chi connectivity index (χ1v) is 7.27. The lowest BCUT2D eigenvalue weighted by Gasteiger charge is -2.29. The summed E-state index contributed by atoms with van der Waals surface area (Å²) in [7, 11) is 0. The predicted molar refractivity (Wildman–Crippen MR) is 76.8 cm³/mol. The summed E-state index contributed by atoms with van der Waals surface area (Å²) in [6.45, 7) is 5.13. The van der Waals surface area contributed by atoms with Gasteiger partial charge in [0.2, 0.25) is 0 Å². The van der Waals surface area contributed by atoms with Gasteiger partial charge in [0.15, 0.2) is 5.79 Å². The fourth-order valence-corrected chi connectivity index (χ4v) is 2.07. The lowest BCUT2D eigenvalue weighted by Crippen LogP contribution is -2.46. The van der Waals surface area contributed by atoms with Gasteiger partial charge in [0, 0.05) is 18.1 Å². The van der Waals surface area contributed by atoms with E-state index in [2.05, 4.69) is 35.9 Å². The van der Waals surface area contributed by atoms with E-state index in [9.17, 15) is 8.78 Å². The lowest BCUT2D eigenvalue weighted by molar-refractivity contribution is 0.0904. The third-order valence-corrected chi connectivity index (χ3v) is 3.76. The van der Waals surface area contributed by atoms with Crippen molar-refractivity contribution in [3.63, 3.8) is 0 Å².